The SMILES string of the molecule is CN1CCC(c2cnc(/C=C/C(=O)O)[nH]2)C1. The fourth-order valence-electron chi connectivity index (χ4n) is 1.98. The van der Waals surface area contributed by atoms with Gasteiger partial charge in [-0.3, -0.25) is 0 Å². The third-order valence-electron chi connectivity index (χ3n) is 2.83. The Labute approximate surface area is 93.8 Å². The highest BCUT2D eigenvalue weighted by Gasteiger charge is 2.22. The number of nitrogens with zero attached hydrogens (tertiary/aromatic N) is 2. The molecule has 1 saturated heterocycles. The standard InChI is InChI=1S/C11H15N3O2/c1-14-5-4-8(7-14)9-6-12-10(13-9)2-3-11(15)16/h2-3,6,8H,4-5,7H2,1H3,(H,12,13)(H,15,16)/b3-2+. The molecule has 2 heterocycles. The zero-order chi connectivity index (χ0) is 11.5. The first-order valence-electron chi connectivity index (χ1n) is 5.29. The topological polar surface area (TPSA) is 69.2 Å². The number of carbonyl (C=O) groups is 1. The molecule has 0 radical (unpaired) electrons. The Morgan fingerprint density at radius 3 is 3.19 bits per heavy atom. The number of rotatable bonds is 3. The maximum Gasteiger partial charge on any atom is 0.328 e. The summed E-state index contributed by atoms with van der Waals surface area (Å²) in [7, 11) is 2.10. The number of nitrogens with one attached hydrogen (secondary N) is 1. The number of likely N-dealkylation sites (N-methyl/N-ethyl adjacent to an activating group) is 1. The van der Waals surface area contributed by atoms with Crippen LogP contribution in [0.4, 0.5) is 0 Å². The molecular formula is C11H15N3O2. The Balaban J connectivity index is 2.05. The number of aromatic amines is 1. The summed E-state index contributed by atoms with van der Waals surface area (Å²) in [6.45, 7) is 2.13. The van der Waals surface area contributed by atoms with Crippen LogP contribution in [0.3, 0.4) is 0 Å². The fraction of sp³-hybridized carbons (Fsp3) is 0.455. The number of likely N-dealkylation sites (tertiary alicyclic amines) is 1. The second-order valence-corrected chi connectivity index (χ2v) is 4.14. The number of hydrogen-bond acceptors (Lipinski definition) is 3. The number of imidazole rings is 1. The van der Waals surface area contributed by atoms with Crippen molar-refractivity contribution >= 4 is 12.0 Å². The molecule has 5 heteroatoms. The van der Waals surface area contributed by atoms with E-state index in [1.807, 2.05) is 0 Å². The zero-order valence-electron chi connectivity index (χ0n) is 9.18. The monoisotopic (exact) mass is 221 g/mol. The van der Waals surface area contributed by atoms with Crippen LogP contribution in [0.25, 0.3) is 6.08 Å². The van der Waals surface area contributed by atoms with Crippen molar-refractivity contribution in [3.8, 4) is 0 Å². The van der Waals surface area contributed by atoms with Gasteiger partial charge in [0.1, 0.15) is 5.82 Å². The molecule has 0 saturated carbocycles. The van der Waals surface area contributed by atoms with Gasteiger partial charge in [0.15, 0.2) is 0 Å². The van der Waals surface area contributed by atoms with Gasteiger partial charge in [-0.25, -0.2) is 9.78 Å². The second kappa shape index (κ2) is 4.49. The van der Waals surface area contributed by atoms with Gasteiger partial charge in [-0.2, -0.15) is 0 Å². The number of aromatic nitrogens is 2. The largest absolute Gasteiger partial charge is 0.478 e. The summed E-state index contributed by atoms with van der Waals surface area (Å²) in [6, 6.07) is 0. The van der Waals surface area contributed by atoms with Crippen molar-refractivity contribution in [3.05, 3.63) is 23.8 Å². The average Bonchev–Trinajstić information content (AvgIpc) is 2.83. The van der Waals surface area contributed by atoms with Gasteiger partial charge in [0, 0.05) is 30.4 Å². The molecule has 2 rings (SSSR count). The molecule has 1 atom stereocenters. The van der Waals surface area contributed by atoms with Gasteiger partial charge in [-0.1, -0.05) is 0 Å². The first kappa shape index (κ1) is 10.9. The van der Waals surface area contributed by atoms with E-state index in [1.165, 1.54) is 6.08 Å². The highest BCUT2D eigenvalue weighted by molar-refractivity contribution is 5.84. The van der Waals surface area contributed by atoms with Crippen molar-refractivity contribution in [2.75, 3.05) is 20.1 Å². The molecule has 2 N–H and O–H groups in total. The highest BCUT2D eigenvalue weighted by atomic mass is 16.4. The van der Waals surface area contributed by atoms with Gasteiger partial charge in [0.25, 0.3) is 0 Å². The molecule has 1 aliphatic heterocycles. The third kappa shape index (κ3) is 2.49. The Morgan fingerprint density at radius 1 is 1.75 bits per heavy atom. The molecule has 0 aromatic carbocycles. The molecule has 16 heavy (non-hydrogen) atoms. The second-order valence-electron chi connectivity index (χ2n) is 4.14. The quantitative estimate of drug-likeness (QED) is 0.745. The maximum atomic E-state index is 10.3. The van der Waals surface area contributed by atoms with Crippen LogP contribution in [-0.4, -0.2) is 46.1 Å². The summed E-state index contributed by atoms with van der Waals surface area (Å²) in [6.07, 6.45) is 5.49. The minimum absolute atomic E-state index is 0.490. The van der Waals surface area contributed by atoms with Crippen LogP contribution in [0.15, 0.2) is 12.3 Å². The molecule has 0 spiro atoms. The van der Waals surface area contributed by atoms with Gasteiger partial charge in [-0.15, -0.1) is 0 Å². The Hall–Kier alpha value is -1.62. The molecule has 86 valence electrons. The lowest BCUT2D eigenvalue weighted by molar-refractivity contribution is -0.131. The molecule has 5 nitrogen and oxygen atoms in total. The first-order valence-corrected chi connectivity index (χ1v) is 5.29. The number of aliphatic carboxylic acids is 1. The van der Waals surface area contributed by atoms with Gasteiger partial charge < -0.3 is 15.0 Å². The van der Waals surface area contributed by atoms with E-state index in [2.05, 4.69) is 21.9 Å². The molecule has 1 fully saturated rings. The van der Waals surface area contributed by atoms with Crippen molar-refractivity contribution in [1.29, 1.82) is 0 Å². The van der Waals surface area contributed by atoms with E-state index in [1.54, 1.807) is 6.20 Å². The number of carboxylic acids is 1. The summed E-state index contributed by atoms with van der Waals surface area (Å²) in [5.41, 5.74) is 1.09. The predicted octanol–water partition coefficient (Wildman–Crippen LogP) is 0.927. The molecule has 1 aromatic heterocycles. The lowest BCUT2D eigenvalue weighted by Gasteiger charge is -2.07. The van der Waals surface area contributed by atoms with E-state index in [4.69, 9.17) is 5.11 Å². The van der Waals surface area contributed by atoms with E-state index >= 15 is 0 Å². The van der Waals surface area contributed by atoms with Gasteiger partial charge in [0.2, 0.25) is 0 Å². The van der Waals surface area contributed by atoms with Crippen LogP contribution in [0.5, 0.6) is 0 Å². The molecule has 1 aliphatic rings. The summed E-state index contributed by atoms with van der Waals surface area (Å²) in [5, 5.41) is 8.49. The Bertz CT molecular complexity index is 411. The average molecular weight is 221 g/mol. The van der Waals surface area contributed by atoms with Crippen LogP contribution >= 0.6 is 0 Å². The van der Waals surface area contributed by atoms with Crippen LogP contribution < -0.4 is 0 Å². The van der Waals surface area contributed by atoms with E-state index in [0.717, 1.165) is 31.3 Å². The van der Waals surface area contributed by atoms with E-state index < -0.39 is 5.97 Å². The minimum atomic E-state index is -0.960. The zero-order valence-corrected chi connectivity index (χ0v) is 9.18. The summed E-state index contributed by atoms with van der Waals surface area (Å²) in [5.74, 6) is 0.134. The molecule has 0 aliphatic carbocycles. The van der Waals surface area contributed by atoms with Crippen molar-refractivity contribution < 1.29 is 9.90 Å². The Morgan fingerprint density at radius 2 is 2.56 bits per heavy atom. The van der Waals surface area contributed by atoms with Crippen LogP contribution in [0.2, 0.25) is 0 Å². The Kier molecular flexibility index (Phi) is 3.05. The van der Waals surface area contributed by atoms with Crippen molar-refractivity contribution in [2.24, 2.45) is 0 Å². The van der Waals surface area contributed by atoms with Crippen molar-refractivity contribution in [3.63, 3.8) is 0 Å². The molecular weight excluding hydrogens is 206 g/mol. The minimum Gasteiger partial charge on any atom is -0.478 e. The third-order valence-corrected chi connectivity index (χ3v) is 2.83. The van der Waals surface area contributed by atoms with E-state index in [-0.39, 0.29) is 0 Å². The number of hydrogen-bond donors (Lipinski definition) is 2. The van der Waals surface area contributed by atoms with Crippen LogP contribution in [-0.2, 0) is 4.79 Å². The number of H-pyrrole nitrogens is 1. The molecule has 0 amide bonds. The predicted molar refractivity (Wildman–Crippen MR) is 60.1 cm³/mol. The highest BCUT2D eigenvalue weighted by Crippen LogP contribution is 2.24. The van der Waals surface area contributed by atoms with Crippen LogP contribution in [0.1, 0.15) is 23.9 Å². The maximum absolute atomic E-state index is 10.3. The van der Waals surface area contributed by atoms with E-state index in [9.17, 15) is 4.79 Å². The summed E-state index contributed by atoms with van der Waals surface area (Å²) < 4.78 is 0. The number of carboxylic acid groups (broad SMARTS) is 1. The lowest BCUT2D eigenvalue weighted by Crippen LogP contribution is -2.13. The first-order chi connectivity index (χ1) is 7.65. The smallest absolute Gasteiger partial charge is 0.328 e. The summed E-state index contributed by atoms with van der Waals surface area (Å²) >= 11 is 0. The van der Waals surface area contributed by atoms with Gasteiger partial charge in [0.05, 0.1) is 0 Å². The normalized spacial score (nSPS) is 21.9. The summed E-state index contributed by atoms with van der Waals surface area (Å²) in [4.78, 5) is 19.9. The van der Waals surface area contributed by atoms with Crippen LogP contribution in [0, 0.1) is 0 Å². The van der Waals surface area contributed by atoms with Gasteiger partial charge in [-0.05, 0) is 26.1 Å². The van der Waals surface area contributed by atoms with Gasteiger partial charge >= 0.3 is 5.97 Å². The molecule has 1 unspecified atom stereocenters. The molecule has 1 aromatic rings. The van der Waals surface area contributed by atoms with Crippen molar-refractivity contribution in [2.45, 2.75) is 12.3 Å². The lowest BCUT2D eigenvalue weighted by atomic mass is 10.1. The van der Waals surface area contributed by atoms with E-state index in [0.29, 0.717) is 11.7 Å². The molecule has 0 bridgehead atoms. The fourth-order valence-corrected chi connectivity index (χ4v) is 1.98. The van der Waals surface area contributed by atoms with Crippen molar-refractivity contribution in [1.82, 2.24) is 14.9 Å².